The Kier molecular flexibility index (Phi) is 8.71. The van der Waals surface area contributed by atoms with Crippen LogP contribution in [0.25, 0.3) is 0 Å². The van der Waals surface area contributed by atoms with E-state index in [0.717, 1.165) is 31.2 Å². The predicted molar refractivity (Wildman–Crippen MR) is 127 cm³/mol. The van der Waals surface area contributed by atoms with Crippen LogP contribution >= 0.6 is 0 Å². The summed E-state index contributed by atoms with van der Waals surface area (Å²) in [6.45, 7) is 1.69. The topological polar surface area (TPSA) is 95.6 Å². The van der Waals surface area contributed by atoms with Gasteiger partial charge in [0.25, 0.3) is 0 Å². The molecule has 0 aromatic heterocycles. The van der Waals surface area contributed by atoms with Crippen LogP contribution in [0.3, 0.4) is 0 Å². The van der Waals surface area contributed by atoms with Gasteiger partial charge in [-0.05, 0) is 61.7 Å². The number of nitrogens with one attached hydrogen (secondary N) is 2. The molecule has 2 N–H and O–H groups in total. The van der Waals surface area contributed by atoms with Crippen molar-refractivity contribution in [3.63, 3.8) is 0 Å². The Morgan fingerprint density at radius 2 is 1.73 bits per heavy atom. The van der Waals surface area contributed by atoms with Crippen LogP contribution in [0.15, 0.2) is 48.5 Å². The number of aryl methyl sites for hydroxylation is 1. The molecule has 0 heterocycles. The number of halogens is 1. The van der Waals surface area contributed by atoms with E-state index in [1.807, 2.05) is 13.0 Å². The second-order valence-corrected chi connectivity index (χ2v) is 9.61. The molecular weight excluding hydrogens is 445 g/mol. The second kappa shape index (κ2) is 11.7. The minimum absolute atomic E-state index is 0.122. The van der Waals surface area contributed by atoms with E-state index in [0.29, 0.717) is 11.4 Å². The summed E-state index contributed by atoms with van der Waals surface area (Å²) >= 11 is 0. The molecular formula is C24H28FN3O4S. The summed E-state index contributed by atoms with van der Waals surface area (Å²) in [5.74, 6) is -2.54. The first-order valence-electron chi connectivity index (χ1n) is 10.9. The summed E-state index contributed by atoms with van der Waals surface area (Å²) in [5.41, 5.74) is 1.82. The van der Waals surface area contributed by atoms with Crippen LogP contribution in [0.4, 0.5) is 15.8 Å². The van der Waals surface area contributed by atoms with Gasteiger partial charge < -0.3 is 15.5 Å². The van der Waals surface area contributed by atoms with Crippen LogP contribution in [0.1, 0.15) is 31.2 Å². The Morgan fingerprint density at radius 3 is 2.39 bits per heavy atom. The van der Waals surface area contributed by atoms with Gasteiger partial charge in [0.05, 0.1) is 0 Å². The molecule has 9 heteroatoms. The minimum atomic E-state index is -1.79. The maximum absolute atomic E-state index is 13.0. The first-order valence-corrected chi connectivity index (χ1v) is 12.4. The van der Waals surface area contributed by atoms with Crippen molar-refractivity contribution in [2.24, 2.45) is 0 Å². The van der Waals surface area contributed by atoms with Gasteiger partial charge in [0, 0.05) is 28.2 Å². The third-order valence-corrected chi connectivity index (χ3v) is 6.49. The lowest BCUT2D eigenvalue weighted by Gasteiger charge is -2.24. The number of hydrogen-bond acceptors (Lipinski definition) is 4. The van der Waals surface area contributed by atoms with Crippen molar-refractivity contribution in [3.05, 3.63) is 59.9 Å². The number of anilines is 2. The molecule has 0 saturated heterocycles. The highest BCUT2D eigenvalue weighted by Gasteiger charge is 2.24. The SMILES string of the molecule is Cc1cccc(N(CC(=O)NC2CCCC2)C(=O)CS(=O)CC(=O)Nc2ccc(F)cc2)c1. The molecule has 0 spiro atoms. The molecule has 33 heavy (non-hydrogen) atoms. The molecule has 0 radical (unpaired) electrons. The van der Waals surface area contributed by atoms with E-state index in [-0.39, 0.29) is 24.2 Å². The number of hydrogen-bond donors (Lipinski definition) is 2. The monoisotopic (exact) mass is 473 g/mol. The van der Waals surface area contributed by atoms with Crippen molar-refractivity contribution >= 4 is 39.9 Å². The molecule has 1 unspecified atom stereocenters. The van der Waals surface area contributed by atoms with Gasteiger partial charge >= 0.3 is 0 Å². The van der Waals surface area contributed by atoms with Crippen LogP contribution in [-0.4, -0.2) is 46.0 Å². The Labute approximate surface area is 195 Å². The number of carbonyl (C=O) groups is 3. The van der Waals surface area contributed by atoms with E-state index < -0.39 is 34.2 Å². The summed E-state index contributed by atoms with van der Waals surface area (Å²) in [5, 5.41) is 5.49. The highest BCUT2D eigenvalue weighted by molar-refractivity contribution is 7.86. The van der Waals surface area contributed by atoms with Crippen LogP contribution in [0, 0.1) is 12.7 Å². The molecule has 176 valence electrons. The molecule has 2 aromatic carbocycles. The Bertz CT molecular complexity index is 1020. The average molecular weight is 474 g/mol. The van der Waals surface area contributed by atoms with Gasteiger partial charge in [-0.15, -0.1) is 0 Å². The third kappa shape index (κ3) is 7.78. The molecule has 1 saturated carbocycles. The van der Waals surface area contributed by atoms with Crippen LogP contribution in [-0.2, 0) is 25.2 Å². The molecule has 7 nitrogen and oxygen atoms in total. The zero-order valence-electron chi connectivity index (χ0n) is 18.5. The average Bonchev–Trinajstić information content (AvgIpc) is 3.26. The molecule has 1 atom stereocenters. The smallest absolute Gasteiger partial charge is 0.240 e. The Morgan fingerprint density at radius 1 is 1.03 bits per heavy atom. The lowest BCUT2D eigenvalue weighted by molar-refractivity contribution is -0.123. The van der Waals surface area contributed by atoms with Crippen molar-refractivity contribution in [2.45, 2.75) is 38.6 Å². The highest BCUT2D eigenvalue weighted by atomic mass is 32.2. The van der Waals surface area contributed by atoms with E-state index in [2.05, 4.69) is 10.6 Å². The fourth-order valence-electron chi connectivity index (χ4n) is 3.75. The number of benzene rings is 2. The summed E-state index contributed by atoms with van der Waals surface area (Å²) in [6.07, 6.45) is 4.00. The summed E-state index contributed by atoms with van der Waals surface area (Å²) in [4.78, 5) is 39.1. The molecule has 1 aliphatic rings. The summed E-state index contributed by atoms with van der Waals surface area (Å²) in [6, 6.07) is 12.5. The maximum Gasteiger partial charge on any atom is 0.240 e. The van der Waals surface area contributed by atoms with Crippen LogP contribution in [0.5, 0.6) is 0 Å². The summed E-state index contributed by atoms with van der Waals surface area (Å²) < 4.78 is 25.5. The normalized spacial score (nSPS) is 14.5. The first kappa shape index (κ1) is 24.6. The quantitative estimate of drug-likeness (QED) is 0.585. The first-order chi connectivity index (χ1) is 15.8. The van der Waals surface area contributed by atoms with Gasteiger partial charge in [-0.25, -0.2) is 4.39 Å². The molecule has 1 aliphatic carbocycles. The van der Waals surface area contributed by atoms with Gasteiger partial charge in [-0.1, -0.05) is 25.0 Å². The molecule has 3 amide bonds. The molecule has 2 aromatic rings. The second-order valence-electron chi connectivity index (χ2n) is 8.15. The van der Waals surface area contributed by atoms with Crippen LogP contribution in [0.2, 0.25) is 0 Å². The standard InChI is InChI=1S/C24H28FN3O4S/c1-17-5-4-8-21(13-17)28(14-22(29)26-19-6-2-3-7-19)24(31)16-33(32)15-23(30)27-20-11-9-18(25)10-12-20/h4-5,8-13,19H,2-3,6-7,14-16H2,1H3,(H,26,29)(H,27,30). The maximum atomic E-state index is 13.0. The Balaban J connectivity index is 1.61. The van der Waals surface area contributed by atoms with E-state index >= 15 is 0 Å². The van der Waals surface area contributed by atoms with Crippen LogP contribution < -0.4 is 15.5 Å². The zero-order valence-corrected chi connectivity index (χ0v) is 19.3. The van der Waals surface area contributed by atoms with E-state index in [4.69, 9.17) is 0 Å². The lowest BCUT2D eigenvalue weighted by atomic mass is 10.2. The molecule has 0 aliphatic heterocycles. The number of carbonyl (C=O) groups excluding carboxylic acids is 3. The number of amides is 3. The summed E-state index contributed by atoms with van der Waals surface area (Å²) in [7, 11) is -1.79. The fourth-order valence-corrected chi connectivity index (χ4v) is 4.65. The predicted octanol–water partition coefficient (Wildman–Crippen LogP) is 2.91. The minimum Gasteiger partial charge on any atom is -0.352 e. The fraction of sp³-hybridized carbons (Fsp3) is 0.375. The molecule has 1 fully saturated rings. The van der Waals surface area contributed by atoms with Crippen molar-refractivity contribution in [1.29, 1.82) is 0 Å². The van der Waals surface area contributed by atoms with Gasteiger partial charge in [0.2, 0.25) is 17.7 Å². The van der Waals surface area contributed by atoms with E-state index in [1.54, 1.807) is 18.2 Å². The van der Waals surface area contributed by atoms with E-state index in [9.17, 15) is 23.0 Å². The zero-order chi connectivity index (χ0) is 23.8. The number of nitrogens with zero attached hydrogens (tertiary/aromatic N) is 1. The lowest BCUT2D eigenvalue weighted by Crippen LogP contribution is -2.45. The van der Waals surface area contributed by atoms with Gasteiger partial charge in [0.1, 0.15) is 23.9 Å². The van der Waals surface area contributed by atoms with Crippen molar-refractivity contribution in [3.8, 4) is 0 Å². The van der Waals surface area contributed by atoms with Gasteiger partial charge in [-0.3, -0.25) is 18.6 Å². The van der Waals surface area contributed by atoms with Crippen molar-refractivity contribution < 1.29 is 23.0 Å². The molecule has 0 bridgehead atoms. The number of rotatable bonds is 9. The Hall–Kier alpha value is -3.07. The highest BCUT2D eigenvalue weighted by Crippen LogP contribution is 2.19. The van der Waals surface area contributed by atoms with Gasteiger partial charge in [-0.2, -0.15) is 0 Å². The van der Waals surface area contributed by atoms with Crippen molar-refractivity contribution in [1.82, 2.24) is 5.32 Å². The van der Waals surface area contributed by atoms with Gasteiger partial charge in [0.15, 0.2) is 0 Å². The third-order valence-electron chi connectivity index (χ3n) is 5.34. The van der Waals surface area contributed by atoms with E-state index in [1.165, 1.54) is 29.2 Å². The largest absolute Gasteiger partial charge is 0.352 e. The van der Waals surface area contributed by atoms with Crippen molar-refractivity contribution in [2.75, 3.05) is 28.3 Å². The molecule has 3 rings (SSSR count).